The number of carbonyl (C=O) groups excluding carboxylic acids is 1. The number of nitrogens with zero attached hydrogens (tertiary/aromatic N) is 2. The number of aliphatic hydroxyl groups is 1. The van der Waals surface area contributed by atoms with Gasteiger partial charge in [0.15, 0.2) is 0 Å². The summed E-state index contributed by atoms with van der Waals surface area (Å²) in [5, 5.41) is 10.2. The van der Waals surface area contributed by atoms with Crippen molar-refractivity contribution >= 4 is 5.91 Å². The van der Waals surface area contributed by atoms with E-state index in [1.807, 2.05) is 23.2 Å². The van der Waals surface area contributed by atoms with E-state index in [-0.39, 0.29) is 18.4 Å². The van der Waals surface area contributed by atoms with Gasteiger partial charge >= 0.3 is 0 Å². The second kappa shape index (κ2) is 10.5. The Kier molecular flexibility index (Phi) is 8.39. The molecule has 2 unspecified atom stereocenters. The van der Waals surface area contributed by atoms with Crippen LogP contribution < -0.4 is 0 Å². The molecule has 1 aliphatic rings. The third-order valence-corrected chi connectivity index (χ3v) is 5.12. The van der Waals surface area contributed by atoms with Crippen molar-refractivity contribution in [1.82, 2.24) is 9.88 Å². The van der Waals surface area contributed by atoms with E-state index in [4.69, 9.17) is 0 Å². The van der Waals surface area contributed by atoms with E-state index in [9.17, 15) is 9.90 Å². The molecule has 0 radical (unpaired) electrons. The standard InChI is InChI=1S/C21H34N2O2/c1-17(2)9-5-3-4-6-11-19(24)15-21(25)23-14-8-12-20(23)18-10-7-13-22-16-18/h7,10,13,16-17,19-20,24H,3-6,8-9,11-12,14-15H2,1-2H3. The molecular weight excluding hydrogens is 312 g/mol. The average molecular weight is 347 g/mol. The molecule has 1 saturated heterocycles. The van der Waals surface area contributed by atoms with E-state index in [1.165, 1.54) is 19.3 Å². The SMILES string of the molecule is CC(C)CCCCCCC(O)CC(=O)N1CCCC1c1cccnc1. The lowest BCUT2D eigenvalue weighted by Gasteiger charge is -2.26. The number of likely N-dealkylation sites (tertiary alicyclic amines) is 1. The van der Waals surface area contributed by atoms with Gasteiger partial charge in [-0.2, -0.15) is 0 Å². The van der Waals surface area contributed by atoms with E-state index in [2.05, 4.69) is 18.8 Å². The molecule has 2 heterocycles. The summed E-state index contributed by atoms with van der Waals surface area (Å²) >= 11 is 0. The summed E-state index contributed by atoms with van der Waals surface area (Å²) in [5.74, 6) is 0.857. The van der Waals surface area contributed by atoms with Crippen LogP contribution in [0.3, 0.4) is 0 Å². The Bertz CT molecular complexity index is 504. The number of aliphatic hydroxyl groups excluding tert-OH is 1. The smallest absolute Gasteiger partial charge is 0.225 e. The zero-order valence-electron chi connectivity index (χ0n) is 15.9. The molecule has 140 valence electrons. The first kappa shape index (κ1) is 19.9. The zero-order valence-corrected chi connectivity index (χ0v) is 15.9. The van der Waals surface area contributed by atoms with Gasteiger partial charge in [0.1, 0.15) is 0 Å². The Labute approximate surface area is 152 Å². The molecule has 1 N–H and O–H groups in total. The average Bonchev–Trinajstić information content (AvgIpc) is 3.08. The van der Waals surface area contributed by atoms with E-state index >= 15 is 0 Å². The second-order valence-corrected chi connectivity index (χ2v) is 7.77. The predicted octanol–water partition coefficient (Wildman–Crippen LogP) is 4.49. The molecule has 2 atom stereocenters. The van der Waals surface area contributed by atoms with Crippen molar-refractivity contribution in [2.24, 2.45) is 5.92 Å². The molecule has 0 saturated carbocycles. The van der Waals surface area contributed by atoms with Gasteiger partial charge in [0.2, 0.25) is 5.91 Å². The summed E-state index contributed by atoms with van der Waals surface area (Å²) in [6.45, 7) is 5.30. The van der Waals surface area contributed by atoms with Crippen molar-refractivity contribution in [3.63, 3.8) is 0 Å². The van der Waals surface area contributed by atoms with E-state index in [0.717, 1.165) is 50.1 Å². The highest BCUT2D eigenvalue weighted by Gasteiger charge is 2.30. The van der Waals surface area contributed by atoms with Gasteiger partial charge in [-0.15, -0.1) is 0 Å². The van der Waals surface area contributed by atoms with Crippen molar-refractivity contribution in [2.75, 3.05) is 6.54 Å². The van der Waals surface area contributed by atoms with Crippen molar-refractivity contribution < 1.29 is 9.90 Å². The molecule has 25 heavy (non-hydrogen) atoms. The Morgan fingerprint density at radius 2 is 2.04 bits per heavy atom. The van der Waals surface area contributed by atoms with E-state index < -0.39 is 6.10 Å². The van der Waals surface area contributed by atoms with Gasteiger partial charge in [-0.1, -0.05) is 52.0 Å². The van der Waals surface area contributed by atoms with Gasteiger partial charge in [-0.3, -0.25) is 9.78 Å². The fourth-order valence-corrected chi connectivity index (χ4v) is 3.69. The molecule has 1 fully saturated rings. The minimum Gasteiger partial charge on any atom is -0.393 e. The number of amides is 1. The first-order chi connectivity index (χ1) is 12.1. The van der Waals surface area contributed by atoms with Gasteiger partial charge < -0.3 is 10.0 Å². The molecule has 1 aliphatic heterocycles. The van der Waals surface area contributed by atoms with Crippen molar-refractivity contribution in [2.45, 2.75) is 83.8 Å². The van der Waals surface area contributed by atoms with Crippen LogP contribution in [0.5, 0.6) is 0 Å². The number of unbranched alkanes of at least 4 members (excludes halogenated alkanes) is 3. The highest BCUT2D eigenvalue weighted by atomic mass is 16.3. The van der Waals surface area contributed by atoms with Crippen molar-refractivity contribution in [1.29, 1.82) is 0 Å². The van der Waals surface area contributed by atoms with E-state index in [1.54, 1.807) is 6.20 Å². The normalized spacial score (nSPS) is 18.7. The monoisotopic (exact) mass is 346 g/mol. The van der Waals surface area contributed by atoms with Crippen LogP contribution in [0, 0.1) is 5.92 Å². The van der Waals surface area contributed by atoms with Gasteiger partial charge in [0.25, 0.3) is 0 Å². The van der Waals surface area contributed by atoms with Crippen LogP contribution in [-0.2, 0) is 4.79 Å². The number of pyridine rings is 1. The fraction of sp³-hybridized carbons (Fsp3) is 0.714. The van der Waals surface area contributed by atoms with Crippen LogP contribution in [-0.4, -0.2) is 33.5 Å². The molecule has 4 nitrogen and oxygen atoms in total. The largest absolute Gasteiger partial charge is 0.393 e. The Morgan fingerprint density at radius 1 is 1.28 bits per heavy atom. The minimum atomic E-state index is -0.507. The number of hydrogen-bond acceptors (Lipinski definition) is 3. The first-order valence-corrected chi connectivity index (χ1v) is 9.95. The highest BCUT2D eigenvalue weighted by molar-refractivity contribution is 5.77. The molecule has 0 aliphatic carbocycles. The van der Waals surface area contributed by atoms with E-state index in [0.29, 0.717) is 0 Å². The third-order valence-electron chi connectivity index (χ3n) is 5.12. The Hall–Kier alpha value is -1.42. The summed E-state index contributed by atoms with van der Waals surface area (Å²) in [7, 11) is 0. The number of rotatable bonds is 10. The minimum absolute atomic E-state index is 0.0821. The summed E-state index contributed by atoms with van der Waals surface area (Å²) in [6.07, 6.45) is 12.1. The van der Waals surface area contributed by atoms with Gasteiger partial charge in [0.05, 0.1) is 18.6 Å². The maximum absolute atomic E-state index is 12.6. The van der Waals surface area contributed by atoms with Crippen LogP contribution in [0.15, 0.2) is 24.5 Å². The Balaban J connectivity index is 1.70. The number of hydrogen-bond donors (Lipinski definition) is 1. The molecule has 0 aromatic carbocycles. The lowest BCUT2D eigenvalue weighted by molar-refractivity contribution is -0.134. The molecule has 4 heteroatoms. The summed E-state index contributed by atoms with van der Waals surface area (Å²) in [4.78, 5) is 18.7. The number of carbonyl (C=O) groups is 1. The topological polar surface area (TPSA) is 53.4 Å². The molecule has 0 bridgehead atoms. The number of aromatic nitrogens is 1. The highest BCUT2D eigenvalue weighted by Crippen LogP contribution is 2.32. The summed E-state index contributed by atoms with van der Waals surface area (Å²) in [6, 6.07) is 4.09. The molecule has 0 spiro atoms. The third kappa shape index (κ3) is 6.77. The fourth-order valence-electron chi connectivity index (χ4n) is 3.69. The molecule has 2 rings (SSSR count). The maximum Gasteiger partial charge on any atom is 0.225 e. The second-order valence-electron chi connectivity index (χ2n) is 7.77. The quantitative estimate of drug-likeness (QED) is 0.635. The predicted molar refractivity (Wildman–Crippen MR) is 101 cm³/mol. The lowest BCUT2D eigenvalue weighted by atomic mass is 10.0. The molecule has 1 aromatic heterocycles. The van der Waals surface area contributed by atoms with Crippen LogP contribution in [0.1, 0.15) is 83.2 Å². The van der Waals surface area contributed by atoms with Crippen molar-refractivity contribution in [3.05, 3.63) is 30.1 Å². The van der Waals surface area contributed by atoms with Crippen LogP contribution >= 0.6 is 0 Å². The van der Waals surface area contributed by atoms with Crippen LogP contribution in [0.4, 0.5) is 0 Å². The van der Waals surface area contributed by atoms with Crippen LogP contribution in [0.2, 0.25) is 0 Å². The molecule has 1 amide bonds. The first-order valence-electron chi connectivity index (χ1n) is 9.95. The zero-order chi connectivity index (χ0) is 18.1. The van der Waals surface area contributed by atoms with Crippen molar-refractivity contribution in [3.8, 4) is 0 Å². The van der Waals surface area contributed by atoms with Gasteiger partial charge in [0, 0.05) is 18.9 Å². The maximum atomic E-state index is 12.6. The lowest BCUT2D eigenvalue weighted by Crippen LogP contribution is -2.33. The van der Waals surface area contributed by atoms with Gasteiger partial charge in [-0.25, -0.2) is 0 Å². The Morgan fingerprint density at radius 3 is 2.72 bits per heavy atom. The summed E-state index contributed by atoms with van der Waals surface area (Å²) < 4.78 is 0. The molecular formula is C21H34N2O2. The summed E-state index contributed by atoms with van der Waals surface area (Å²) in [5.41, 5.74) is 1.10. The molecule has 1 aromatic rings. The van der Waals surface area contributed by atoms with Crippen LogP contribution in [0.25, 0.3) is 0 Å². The van der Waals surface area contributed by atoms with Gasteiger partial charge in [-0.05, 0) is 36.8 Å².